The second-order valence-electron chi connectivity index (χ2n) is 4.14. The highest BCUT2D eigenvalue weighted by Gasteiger charge is 2.10. The van der Waals surface area contributed by atoms with Crippen LogP contribution in [0.2, 0.25) is 0 Å². The molecule has 0 bridgehead atoms. The fourth-order valence-corrected chi connectivity index (χ4v) is 1.62. The van der Waals surface area contributed by atoms with E-state index in [1.165, 1.54) is 4.90 Å². The summed E-state index contributed by atoms with van der Waals surface area (Å²) in [4.78, 5) is 23.7. The summed E-state index contributed by atoms with van der Waals surface area (Å²) >= 11 is 0. The largest absolute Gasteiger partial charge is 0.481 e. The Morgan fingerprint density at radius 3 is 2.47 bits per heavy atom. The molecule has 0 saturated heterocycles. The Balaban J connectivity index is 2.62. The molecule has 0 spiro atoms. The van der Waals surface area contributed by atoms with Crippen molar-refractivity contribution in [3.63, 3.8) is 0 Å². The first-order chi connectivity index (χ1) is 9.04. The van der Waals surface area contributed by atoms with Crippen LogP contribution in [-0.2, 0) is 17.8 Å². The highest BCUT2D eigenvalue weighted by Crippen LogP contribution is 2.09. The van der Waals surface area contributed by atoms with Crippen LogP contribution in [-0.4, -0.2) is 47.3 Å². The number of amides is 2. The topological polar surface area (TPSA) is 89.9 Å². The average molecular weight is 266 g/mol. The Hall–Kier alpha value is -2.08. The molecule has 0 aromatic heterocycles. The van der Waals surface area contributed by atoms with E-state index in [4.69, 9.17) is 10.2 Å². The van der Waals surface area contributed by atoms with Gasteiger partial charge >= 0.3 is 12.0 Å². The normalized spacial score (nSPS) is 10.0. The molecule has 1 aromatic rings. The zero-order chi connectivity index (χ0) is 14.3. The van der Waals surface area contributed by atoms with Gasteiger partial charge in [-0.2, -0.15) is 0 Å². The summed E-state index contributed by atoms with van der Waals surface area (Å²) in [6.45, 7) is 0.417. The van der Waals surface area contributed by atoms with Crippen LogP contribution in [0.4, 0.5) is 4.79 Å². The molecule has 6 nitrogen and oxygen atoms in total. The molecule has 0 aliphatic carbocycles. The Bertz CT molecular complexity index is 448. The number of aliphatic hydroxyl groups is 1. The van der Waals surface area contributed by atoms with Crippen molar-refractivity contribution in [2.24, 2.45) is 0 Å². The number of nitrogens with zero attached hydrogens (tertiary/aromatic N) is 1. The third-order valence-electron chi connectivity index (χ3n) is 2.67. The molecule has 0 heterocycles. The number of carbonyl (C=O) groups excluding carboxylic acids is 1. The van der Waals surface area contributed by atoms with E-state index >= 15 is 0 Å². The van der Waals surface area contributed by atoms with E-state index in [2.05, 4.69) is 5.32 Å². The Morgan fingerprint density at radius 1 is 1.26 bits per heavy atom. The number of likely N-dealkylation sites (N-methyl/N-ethyl adjacent to an activating group) is 1. The first-order valence-corrected chi connectivity index (χ1v) is 5.93. The molecule has 19 heavy (non-hydrogen) atoms. The van der Waals surface area contributed by atoms with Gasteiger partial charge in [0.25, 0.3) is 0 Å². The number of benzene rings is 1. The van der Waals surface area contributed by atoms with E-state index in [0.717, 1.165) is 5.56 Å². The monoisotopic (exact) mass is 266 g/mol. The van der Waals surface area contributed by atoms with Crippen molar-refractivity contribution in [2.75, 3.05) is 20.2 Å². The first kappa shape index (κ1) is 15.0. The van der Waals surface area contributed by atoms with Gasteiger partial charge in [-0.3, -0.25) is 4.79 Å². The summed E-state index contributed by atoms with van der Waals surface area (Å²) in [7, 11) is 1.58. The number of aliphatic hydroxyl groups excluding tert-OH is 1. The van der Waals surface area contributed by atoms with E-state index in [1.54, 1.807) is 31.3 Å². The molecule has 0 saturated carbocycles. The molecule has 1 aromatic carbocycles. The van der Waals surface area contributed by atoms with Crippen molar-refractivity contribution in [2.45, 2.75) is 13.0 Å². The van der Waals surface area contributed by atoms with Crippen molar-refractivity contribution >= 4 is 12.0 Å². The highest BCUT2D eigenvalue weighted by atomic mass is 16.4. The van der Waals surface area contributed by atoms with Gasteiger partial charge < -0.3 is 20.4 Å². The number of hydrogen-bond donors (Lipinski definition) is 3. The molecule has 2 amide bonds. The molecule has 1 rings (SSSR count). The second kappa shape index (κ2) is 7.38. The SMILES string of the molecule is CN(CCO)C(=O)NCc1ccccc1CC(=O)O. The summed E-state index contributed by atoms with van der Waals surface area (Å²) in [6.07, 6.45) is -0.0709. The van der Waals surface area contributed by atoms with E-state index in [1.807, 2.05) is 0 Å². The number of rotatable bonds is 6. The van der Waals surface area contributed by atoms with Gasteiger partial charge in [-0.25, -0.2) is 4.79 Å². The molecule has 0 radical (unpaired) electrons. The summed E-state index contributed by atoms with van der Waals surface area (Å²) in [5, 5.41) is 20.2. The summed E-state index contributed by atoms with van der Waals surface area (Å²) in [5.74, 6) is -0.906. The minimum absolute atomic E-state index is 0.0709. The predicted molar refractivity (Wildman–Crippen MR) is 69.7 cm³/mol. The molecule has 6 heteroatoms. The second-order valence-corrected chi connectivity index (χ2v) is 4.14. The van der Waals surface area contributed by atoms with Crippen molar-refractivity contribution < 1.29 is 19.8 Å². The van der Waals surface area contributed by atoms with Gasteiger partial charge in [-0.1, -0.05) is 24.3 Å². The number of urea groups is 1. The van der Waals surface area contributed by atoms with Gasteiger partial charge in [0.2, 0.25) is 0 Å². The van der Waals surface area contributed by atoms with E-state index in [-0.39, 0.29) is 32.1 Å². The number of hydrogen-bond acceptors (Lipinski definition) is 3. The first-order valence-electron chi connectivity index (χ1n) is 5.93. The van der Waals surface area contributed by atoms with Gasteiger partial charge in [-0.15, -0.1) is 0 Å². The summed E-state index contributed by atoms with van der Waals surface area (Å²) < 4.78 is 0. The van der Waals surface area contributed by atoms with Crippen LogP contribution in [0.5, 0.6) is 0 Å². The maximum absolute atomic E-state index is 11.6. The van der Waals surface area contributed by atoms with Crippen LogP contribution >= 0.6 is 0 Å². The van der Waals surface area contributed by atoms with Gasteiger partial charge in [0, 0.05) is 20.1 Å². The third kappa shape index (κ3) is 4.97. The Kier molecular flexibility index (Phi) is 5.81. The predicted octanol–water partition coefficient (Wildman–Crippen LogP) is 0.447. The fourth-order valence-electron chi connectivity index (χ4n) is 1.62. The molecule has 0 atom stereocenters. The smallest absolute Gasteiger partial charge is 0.317 e. The fraction of sp³-hybridized carbons (Fsp3) is 0.385. The molecular weight excluding hydrogens is 248 g/mol. The minimum atomic E-state index is -0.906. The molecule has 104 valence electrons. The molecule has 3 N–H and O–H groups in total. The lowest BCUT2D eigenvalue weighted by Crippen LogP contribution is -2.38. The van der Waals surface area contributed by atoms with Gasteiger partial charge in [0.05, 0.1) is 13.0 Å². The Morgan fingerprint density at radius 2 is 1.89 bits per heavy atom. The van der Waals surface area contributed by atoms with Gasteiger partial charge in [-0.05, 0) is 11.1 Å². The lowest BCUT2D eigenvalue weighted by Gasteiger charge is -2.17. The lowest BCUT2D eigenvalue weighted by atomic mass is 10.0. The zero-order valence-electron chi connectivity index (χ0n) is 10.8. The summed E-state index contributed by atoms with van der Waals surface area (Å²) in [6, 6.07) is 6.77. The number of aliphatic carboxylic acids is 1. The maximum Gasteiger partial charge on any atom is 0.317 e. The van der Waals surface area contributed by atoms with Crippen LogP contribution in [0, 0.1) is 0 Å². The van der Waals surface area contributed by atoms with Crippen molar-refractivity contribution in [1.82, 2.24) is 10.2 Å². The minimum Gasteiger partial charge on any atom is -0.481 e. The summed E-state index contributed by atoms with van der Waals surface area (Å²) in [5.41, 5.74) is 1.45. The molecule has 0 aliphatic heterocycles. The Labute approximate surface area is 111 Å². The lowest BCUT2D eigenvalue weighted by molar-refractivity contribution is -0.136. The van der Waals surface area contributed by atoms with Crippen molar-refractivity contribution in [1.29, 1.82) is 0 Å². The van der Waals surface area contributed by atoms with E-state index in [9.17, 15) is 9.59 Å². The number of carbonyl (C=O) groups is 2. The van der Waals surface area contributed by atoms with Crippen molar-refractivity contribution in [3.8, 4) is 0 Å². The standard InChI is InChI=1S/C13H18N2O4/c1-15(6-7-16)13(19)14-9-11-5-3-2-4-10(11)8-12(17)18/h2-5,16H,6-9H2,1H3,(H,14,19)(H,17,18). The van der Waals surface area contributed by atoms with Crippen LogP contribution in [0.25, 0.3) is 0 Å². The van der Waals surface area contributed by atoms with Gasteiger partial charge in [0.1, 0.15) is 0 Å². The zero-order valence-corrected chi connectivity index (χ0v) is 10.8. The quantitative estimate of drug-likeness (QED) is 0.697. The van der Waals surface area contributed by atoms with E-state index in [0.29, 0.717) is 5.56 Å². The number of carboxylic acids is 1. The molecule has 0 aliphatic rings. The number of carboxylic acid groups (broad SMARTS) is 1. The molecular formula is C13H18N2O4. The van der Waals surface area contributed by atoms with E-state index < -0.39 is 5.97 Å². The number of nitrogens with one attached hydrogen (secondary N) is 1. The van der Waals surface area contributed by atoms with Crippen LogP contribution in [0.15, 0.2) is 24.3 Å². The average Bonchev–Trinajstić information content (AvgIpc) is 2.37. The van der Waals surface area contributed by atoms with Crippen LogP contribution in [0.3, 0.4) is 0 Å². The molecule has 0 unspecified atom stereocenters. The highest BCUT2D eigenvalue weighted by molar-refractivity contribution is 5.74. The van der Waals surface area contributed by atoms with Crippen molar-refractivity contribution in [3.05, 3.63) is 35.4 Å². The van der Waals surface area contributed by atoms with Gasteiger partial charge in [0.15, 0.2) is 0 Å². The third-order valence-corrected chi connectivity index (χ3v) is 2.67. The maximum atomic E-state index is 11.6. The van der Waals surface area contributed by atoms with Crippen LogP contribution in [0.1, 0.15) is 11.1 Å². The van der Waals surface area contributed by atoms with Crippen LogP contribution < -0.4 is 5.32 Å². The molecule has 0 fully saturated rings.